The van der Waals surface area contributed by atoms with Crippen molar-refractivity contribution in [1.29, 1.82) is 0 Å². The monoisotopic (exact) mass is 742 g/mol. The second-order valence-corrected chi connectivity index (χ2v) is 19.2. The molecule has 4 unspecified atom stereocenters. The van der Waals surface area contributed by atoms with E-state index in [1.54, 1.807) is 20.1 Å². The second kappa shape index (κ2) is 12.1. The molecule has 3 aromatic rings. The van der Waals surface area contributed by atoms with Crippen molar-refractivity contribution in [2.24, 2.45) is 22.2 Å². The molecular formula is C41H50N4O7S. The third-order valence-corrected chi connectivity index (χ3v) is 15.2. The second-order valence-electron chi connectivity index (χ2n) is 17.5. The van der Waals surface area contributed by atoms with Crippen LogP contribution in [0.1, 0.15) is 92.6 Å². The predicted molar refractivity (Wildman–Crippen MR) is 200 cm³/mol. The van der Waals surface area contributed by atoms with Crippen LogP contribution >= 0.6 is 0 Å². The van der Waals surface area contributed by atoms with Crippen molar-refractivity contribution in [2.45, 2.75) is 77.7 Å². The van der Waals surface area contributed by atoms with Gasteiger partial charge in [0.2, 0.25) is 21.8 Å². The lowest BCUT2D eigenvalue weighted by atomic mass is 9.71. The number of likely N-dealkylation sites (tertiary alicyclic amines) is 2. The van der Waals surface area contributed by atoms with Crippen LogP contribution in [0.3, 0.4) is 0 Å². The fourth-order valence-electron chi connectivity index (χ4n) is 11.1. The zero-order valence-electron chi connectivity index (χ0n) is 31.2. The van der Waals surface area contributed by atoms with Crippen LogP contribution in [0.4, 0.5) is 0 Å². The maximum atomic E-state index is 15.3. The van der Waals surface area contributed by atoms with Gasteiger partial charge in [-0.15, -0.1) is 0 Å². The summed E-state index contributed by atoms with van der Waals surface area (Å²) in [6.07, 6.45) is 6.34. The first-order valence-corrected chi connectivity index (χ1v) is 21.0. The zero-order valence-corrected chi connectivity index (χ0v) is 32.0. The highest BCUT2D eigenvalue weighted by Crippen LogP contribution is 2.67. The Balaban J connectivity index is 1.17. The Morgan fingerprint density at radius 1 is 0.943 bits per heavy atom. The van der Waals surface area contributed by atoms with Crippen molar-refractivity contribution < 1.29 is 32.3 Å². The molecule has 1 aromatic heterocycles. The van der Waals surface area contributed by atoms with Gasteiger partial charge < -0.3 is 23.8 Å². The topological polar surface area (TPSA) is 127 Å². The number of methoxy groups -OCH3 is 1. The van der Waals surface area contributed by atoms with E-state index in [4.69, 9.17) is 9.47 Å². The molecule has 2 aromatic carbocycles. The largest absolute Gasteiger partial charge is 0.497 e. The van der Waals surface area contributed by atoms with Crippen LogP contribution in [0.25, 0.3) is 22.2 Å². The van der Waals surface area contributed by atoms with Gasteiger partial charge in [-0.3, -0.25) is 14.4 Å². The number of nitrogens with one attached hydrogen (secondary N) is 1. The number of rotatable bonds is 7. The molecule has 0 radical (unpaired) electrons. The summed E-state index contributed by atoms with van der Waals surface area (Å²) in [5.41, 5.74) is 4.49. The molecule has 12 heteroatoms. The third kappa shape index (κ3) is 5.28. The third-order valence-electron chi connectivity index (χ3n) is 13.6. The number of carbonyl (C=O) groups excluding carboxylic acids is 3. The van der Waals surface area contributed by atoms with Gasteiger partial charge in [0.1, 0.15) is 5.75 Å². The highest BCUT2D eigenvalue weighted by atomic mass is 32.2. The maximum Gasteiger partial charge on any atom is 0.264 e. The van der Waals surface area contributed by atoms with Crippen molar-refractivity contribution in [3.05, 3.63) is 53.1 Å². The summed E-state index contributed by atoms with van der Waals surface area (Å²) in [5, 5.41) is 1.06. The number of hydrogen-bond donors (Lipinski definition) is 1. The minimum atomic E-state index is -3.82. The average molecular weight is 743 g/mol. The molecule has 282 valence electrons. The Morgan fingerprint density at radius 2 is 1.64 bits per heavy atom. The number of amides is 3. The molecule has 11 nitrogen and oxygen atoms in total. The highest BCUT2D eigenvalue weighted by molar-refractivity contribution is 7.90. The lowest BCUT2D eigenvalue weighted by molar-refractivity contribution is -0.138. The van der Waals surface area contributed by atoms with E-state index >= 15 is 4.79 Å². The van der Waals surface area contributed by atoms with Gasteiger partial charge in [-0.05, 0) is 72.6 Å². The molecule has 6 aliphatic rings. The van der Waals surface area contributed by atoms with Gasteiger partial charge in [0.15, 0.2) is 0 Å². The van der Waals surface area contributed by atoms with Crippen LogP contribution in [0.5, 0.6) is 5.75 Å². The Morgan fingerprint density at radius 3 is 2.30 bits per heavy atom. The SMILES string of the molecule is COc1ccc2c(c1)C1CC1(C(=O)N1CC34COCC3(CN(C(C)=O)C4)C1)Cn1c-2c(C2CCCCC2)c2ccc(C(=O)NS(=O)(=O)CC(C)C)cc21. The fourth-order valence-corrected chi connectivity index (χ4v) is 12.4. The zero-order chi connectivity index (χ0) is 37.1. The number of sulfonamides is 1. The summed E-state index contributed by atoms with van der Waals surface area (Å²) in [6, 6.07) is 11.8. The predicted octanol–water partition coefficient (Wildman–Crippen LogP) is 5.27. The van der Waals surface area contributed by atoms with Crippen molar-refractivity contribution in [3.63, 3.8) is 0 Å². The molecule has 4 aliphatic heterocycles. The van der Waals surface area contributed by atoms with Gasteiger partial charge in [0, 0.05) is 78.4 Å². The average Bonchev–Trinajstić information content (AvgIpc) is 3.29. The first-order valence-electron chi connectivity index (χ1n) is 19.3. The van der Waals surface area contributed by atoms with E-state index in [9.17, 15) is 18.0 Å². The van der Waals surface area contributed by atoms with Crippen molar-refractivity contribution in [3.8, 4) is 17.0 Å². The fraction of sp³-hybridized carbons (Fsp3) is 0.585. The van der Waals surface area contributed by atoms with Crippen LogP contribution in [-0.4, -0.2) is 92.8 Å². The molecule has 5 heterocycles. The maximum absolute atomic E-state index is 15.3. The number of ether oxygens (including phenoxy) is 2. The van der Waals surface area contributed by atoms with Gasteiger partial charge >= 0.3 is 0 Å². The highest BCUT2D eigenvalue weighted by Gasteiger charge is 2.71. The van der Waals surface area contributed by atoms with Crippen molar-refractivity contribution in [1.82, 2.24) is 19.1 Å². The summed E-state index contributed by atoms with van der Waals surface area (Å²) in [6.45, 7) is 9.14. The molecule has 0 spiro atoms. The molecule has 53 heavy (non-hydrogen) atoms. The van der Waals surface area contributed by atoms with E-state index in [1.807, 2.05) is 36.9 Å². The molecule has 2 saturated carbocycles. The van der Waals surface area contributed by atoms with Gasteiger partial charge in [0.25, 0.3) is 5.91 Å². The number of benzene rings is 2. The van der Waals surface area contributed by atoms with Gasteiger partial charge in [-0.1, -0.05) is 39.2 Å². The minimum Gasteiger partial charge on any atom is -0.497 e. The molecule has 3 saturated heterocycles. The molecule has 4 atom stereocenters. The van der Waals surface area contributed by atoms with E-state index in [-0.39, 0.29) is 45.8 Å². The van der Waals surface area contributed by atoms with Crippen molar-refractivity contribution >= 4 is 38.6 Å². The number of nitrogens with zero attached hydrogens (tertiary/aromatic N) is 3. The number of carbonyl (C=O) groups is 3. The summed E-state index contributed by atoms with van der Waals surface area (Å²) in [7, 11) is -2.14. The summed E-state index contributed by atoms with van der Waals surface area (Å²) < 4.78 is 42.1. The van der Waals surface area contributed by atoms with Crippen LogP contribution < -0.4 is 9.46 Å². The summed E-state index contributed by atoms with van der Waals surface area (Å²) in [4.78, 5) is 45.3. The van der Waals surface area contributed by atoms with E-state index in [2.05, 4.69) is 26.3 Å². The number of aromatic nitrogens is 1. The summed E-state index contributed by atoms with van der Waals surface area (Å²) >= 11 is 0. The normalized spacial score (nSPS) is 29.0. The molecule has 0 bridgehead atoms. The Hall–Kier alpha value is -3.90. The summed E-state index contributed by atoms with van der Waals surface area (Å²) in [5.74, 6) is 0.362. The lowest BCUT2D eigenvalue weighted by Gasteiger charge is -2.30. The first-order chi connectivity index (χ1) is 25.3. The van der Waals surface area contributed by atoms with Gasteiger partial charge in [-0.2, -0.15) is 0 Å². The minimum absolute atomic E-state index is 0.0119. The van der Waals surface area contributed by atoms with Crippen LogP contribution in [0, 0.1) is 22.2 Å². The molecule has 2 aliphatic carbocycles. The standard InChI is InChI=1S/C41H50N4O7S/c1-25(2)17-53(49,50)42-37(47)28-10-12-31-34(14-28)45-22-41(38(48)44-20-39-18-43(26(3)46)19-40(39,21-44)24-52-23-39)16-33(41)32-15-29(51-4)11-13-30(32)36(45)35(31)27-8-6-5-7-9-27/h10-15,25,27,33H,5-9,16-24H2,1-4H3,(H,42,47). The first kappa shape index (κ1) is 34.8. The van der Waals surface area contributed by atoms with Gasteiger partial charge in [-0.25, -0.2) is 13.1 Å². The number of fused-ring (bicyclic) bond motifs is 7. The van der Waals surface area contributed by atoms with Crippen LogP contribution in [-0.2, 0) is 30.9 Å². The number of hydrogen-bond acceptors (Lipinski definition) is 7. The Bertz CT molecular complexity index is 2150. The Kier molecular flexibility index (Phi) is 7.92. The van der Waals surface area contributed by atoms with E-state index in [1.165, 1.54) is 12.0 Å². The molecule has 1 N–H and O–H groups in total. The smallest absolute Gasteiger partial charge is 0.264 e. The van der Waals surface area contributed by atoms with E-state index in [0.717, 1.165) is 59.2 Å². The van der Waals surface area contributed by atoms with Gasteiger partial charge in [0.05, 0.1) is 37.2 Å². The molecule has 5 fully saturated rings. The molecular weight excluding hydrogens is 693 g/mol. The van der Waals surface area contributed by atoms with E-state index in [0.29, 0.717) is 58.3 Å². The van der Waals surface area contributed by atoms with E-state index < -0.39 is 21.3 Å². The molecule has 3 amide bonds. The lowest BCUT2D eigenvalue weighted by Crippen LogP contribution is -2.44. The Labute approximate surface area is 311 Å². The van der Waals surface area contributed by atoms with Crippen molar-refractivity contribution in [2.75, 3.05) is 52.3 Å². The van der Waals surface area contributed by atoms with Crippen LogP contribution in [0.15, 0.2) is 36.4 Å². The molecule has 9 rings (SSSR count). The quantitative estimate of drug-likeness (QED) is 0.350. The van der Waals surface area contributed by atoms with Crippen LogP contribution in [0.2, 0.25) is 0 Å².